The van der Waals surface area contributed by atoms with Gasteiger partial charge in [-0.25, -0.2) is 0 Å². The zero-order valence-electron chi connectivity index (χ0n) is 11.5. The van der Waals surface area contributed by atoms with E-state index in [0.29, 0.717) is 12.8 Å². The first-order valence-corrected chi connectivity index (χ1v) is 7.61. The maximum atomic E-state index is 10.0. The summed E-state index contributed by atoms with van der Waals surface area (Å²) in [6.07, 6.45) is 4.05. The Kier molecular flexibility index (Phi) is 2.10. The molecule has 1 saturated heterocycles. The Morgan fingerprint density at radius 2 is 2.05 bits per heavy atom. The van der Waals surface area contributed by atoms with Gasteiger partial charge in [-0.15, -0.1) is 0 Å². The van der Waals surface area contributed by atoms with Crippen LogP contribution in [-0.4, -0.2) is 35.5 Å². The largest absolute Gasteiger partial charge is 0.454 e. The molecule has 1 N–H and O–H groups in total. The van der Waals surface area contributed by atoms with Crippen molar-refractivity contribution in [2.75, 3.05) is 13.3 Å². The number of rotatable bonds is 0. The molecule has 3 heterocycles. The molecule has 0 aromatic heterocycles. The van der Waals surface area contributed by atoms with Crippen molar-refractivity contribution in [3.8, 4) is 11.5 Å². The predicted molar refractivity (Wildman–Crippen MR) is 72.9 cm³/mol. The summed E-state index contributed by atoms with van der Waals surface area (Å²) in [6, 6.07) is 4.92. The van der Waals surface area contributed by atoms with Crippen LogP contribution in [0.4, 0.5) is 0 Å². The third kappa shape index (κ3) is 1.29. The molecule has 2 bridgehead atoms. The van der Waals surface area contributed by atoms with Crippen LogP contribution in [0.1, 0.15) is 36.8 Å². The topological polar surface area (TPSA) is 41.9 Å². The maximum Gasteiger partial charge on any atom is 0.231 e. The SMILES string of the molecule is O[C@@H]1CC[C@@]23CCN(Cc4cc5c(cc42)OCO5)[C@@H]3C1. The number of nitrogens with zero attached hydrogens (tertiary/aromatic N) is 1. The van der Waals surface area contributed by atoms with Gasteiger partial charge in [0, 0.05) is 18.0 Å². The summed E-state index contributed by atoms with van der Waals surface area (Å²) in [5, 5.41) is 10.0. The van der Waals surface area contributed by atoms with E-state index in [4.69, 9.17) is 9.47 Å². The van der Waals surface area contributed by atoms with Crippen molar-refractivity contribution >= 4 is 0 Å². The molecule has 4 nitrogen and oxygen atoms in total. The average molecular weight is 273 g/mol. The maximum absolute atomic E-state index is 10.0. The highest BCUT2D eigenvalue weighted by Gasteiger charge is 2.54. The van der Waals surface area contributed by atoms with E-state index in [-0.39, 0.29) is 11.5 Å². The van der Waals surface area contributed by atoms with Gasteiger partial charge in [-0.05, 0) is 55.5 Å². The Morgan fingerprint density at radius 3 is 2.95 bits per heavy atom. The fourth-order valence-corrected chi connectivity index (χ4v) is 4.92. The molecule has 1 aliphatic carbocycles. The van der Waals surface area contributed by atoms with E-state index in [0.717, 1.165) is 43.9 Å². The minimum absolute atomic E-state index is 0.121. The Labute approximate surface area is 118 Å². The Morgan fingerprint density at radius 1 is 1.20 bits per heavy atom. The zero-order chi connectivity index (χ0) is 13.3. The molecule has 1 aromatic rings. The van der Waals surface area contributed by atoms with Gasteiger partial charge in [0.25, 0.3) is 0 Å². The van der Waals surface area contributed by atoms with Crippen molar-refractivity contribution in [3.05, 3.63) is 23.3 Å². The van der Waals surface area contributed by atoms with E-state index in [9.17, 15) is 5.11 Å². The highest BCUT2D eigenvalue weighted by atomic mass is 16.7. The van der Waals surface area contributed by atoms with Crippen molar-refractivity contribution in [1.82, 2.24) is 4.90 Å². The van der Waals surface area contributed by atoms with Gasteiger partial charge in [-0.3, -0.25) is 4.90 Å². The van der Waals surface area contributed by atoms with Crippen molar-refractivity contribution in [1.29, 1.82) is 0 Å². The van der Waals surface area contributed by atoms with Gasteiger partial charge in [-0.2, -0.15) is 0 Å². The van der Waals surface area contributed by atoms with Crippen LogP contribution in [-0.2, 0) is 12.0 Å². The van der Waals surface area contributed by atoms with E-state index >= 15 is 0 Å². The van der Waals surface area contributed by atoms with Crippen LogP contribution in [0.25, 0.3) is 0 Å². The molecule has 4 aliphatic rings. The number of hydrogen-bond donors (Lipinski definition) is 1. The second-order valence-electron chi connectivity index (χ2n) is 6.68. The Hall–Kier alpha value is -1.26. The van der Waals surface area contributed by atoms with Crippen LogP contribution in [0.5, 0.6) is 11.5 Å². The summed E-state index contributed by atoms with van der Waals surface area (Å²) >= 11 is 0. The van der Waals surface area contributed by atoms with E-state index in [1.165, 1.54) is 17.5 Å². The fraction of sp³-hybridized carbons (Fsp3) is 0.625. The van der Waals surface area contributed by atoms with Gasteiger partial charge in [0.05, 0.1) is 6.10 Å². The number of hydrogen-bond acceptors (Lipinski definition) is 4. The van der Waals surface area contributed by atoms with Crippen LogP contribution in [0.2, 0.25) is 0 Å². The lowest BCUT2D eigenvalue weighted by atomic mass is 9.63. The summed E-state index contributed by atoms with van der Waals surface area (Å²) in [5.74, 6) is 1.80. The molecule has 1 saturated carbocycles. The van der Waals surface area contributed by atoms with Crippen molar-refractivity contribution in [2.45, 2.75) is 49.8 Å². The monoisotopic (exact) mass is 273 g/mol. The van der Waals surface area contributed by atoms with E-state index < -0.39 is 0 Å². The second kappa shape index (κ2) is 3.68. The number of ether oxygens (including phenoxy) is 2. The normalized spacial score (nSPS) is 40.4. The summed E-state index contributed by atoms with van der Waals surface area (Å²) in [6.45, 7) is 2.49. The lowest BCUT2D eigenvalue weighted by molar-refractivity contribution is 0.0384. The van der Waals surface area contributed by atoms with Crippen LogP contribution in [0.15, 0.2) is 12.1 Å². The molecule has 1 aromatic carbocycles. The molecule has 1 unspecified atom stereocenters. The molecule has 4 atom stereocenters. The second-order valence-corrected chi connectivity index (χ2v) is 6.68. The first-order valence-electron chi connectivity index (χ1n) is 7.61. The smallest absolute Gasteiger partial charge is 0.231 e. The molecule has 0 radical (unpaired) electrons. The third-order valence-corrected chi connectivity index (χ3v) is 5.85. The lowest BCUT2D eigenvalue weighted by Crippen LogP contribution is -2.51. The molecule has 0 spiro atoms. The quantitative estimate of drug-likeness (QED) is 0.782. The minimum Gasteiger partial charge on any atom is -0.454 e. The first kappa shape index (κ1) is 11.4. The number of aliphatic hydroxyl groups is 1. The lowest BCUT2D eigenvalue weighted by Gasteiger charge is -2.48. The van der Waals surface area contributed by atoms with Crippen LogP contribution in [0, 0.1) is 0 Å². The van der Waals surface area contributed by atoms with Gasteiger partial charge in [-0.1, -0.05) is 0 Å². The zero-order valence-corrected chi connectivity index (χ0v) is 11.5. The number of fused-ring (bicyclic) bond motifs is 2. The Balaban J connectivity index is 1.68. The van der Waals surface area contributed by atoms with Gasteiger partial charge >= 0.3 is 0 Å². The summed E-state index contributed by atoms with van der Waals surface area (Å²) in [7, 11) is 0. The van der Waals surface area contributed by atoms with Crippen LogP contribution >= 0.6 is 0 Å². The van der Waals surface area contributed by atoms with Gasteiger partial charge < -0.3 is 14.6 Å². The summed E-state index contributed by atoms with van der Waals surface area (Å²) in [4.78, 5) is 2.56. The van der Waals surface area contributed by atoms with E-state index in [1.54, 1.807) is 0 Å². The van der Waals surface area contributed by atoms with Crippen molar-refractivity contribution in [3.63, 3.8) is 0 Å². The molecular weight excluding hydrogens is 254 g/mol. The highest BCUT2D eigenvalue weighted by molar-refractivity contribution is 5.53. The standard InChI is InChI=1S/C16H19NO3/c18-11-1-2-16-3-4-17(15(16)6-11)8-10-5-13-14(7-12(10)16)20-9-19-13/h5,7,11,15,18H,1-4,6,8-9H2/t11-,15-,16-/m1/s1. The molecule has 3 aliphatic heterocycles. The molecule has 106 valence electrons. The minimum atomic E-state index is -0.121. The highest BCUT2D eigenvalue weighted by Crippen LogP contribution is 2.55. The van der Waals surface area contributed by atoms with Gasteiger partial charge in [0.1, 0.15) is 0 Å². The molecule has 20 heavy (non-hydrogen) atoms. The first-order chi connectivity index (χ1) is 9.76. The number of aliphatic hydroxyl groups excluding tert-OH is 1. The Bertz CT molecular complexity index is 587. The van der Waals surface area contributed by atoms with Crippen molar-refractivity contribution in [2.24, 2.45) is 0 Å². The predicted octanol–water partition coefficient (Wildman–Crippen LogP) is 1.79. The molecule has 2 fully saturated rings. The molecule has 4 heteroatoms. The van der Waals surface area contributed by atoms with Gasteiger partial charge in [0.2, 0.25) is 6.79 Å². The van der Waals surface area contributed by atoms with Crippen molar-refractivity contribution < 1.29 is 14.6 Å². The molecule has 0 amide bonds. The molecule has 5 rings (SSSR count). The van der Waals surface area contributed by atoms with E-state index in [1.807, 2.05) is 0 Å². The van der Waals surface area contributed by atoms with Crippen LogP contribution in [0.3, 0.4) is 0 Å². The summed E-state index contributed by atoms with van der Waals surface area (Å²) < 4.78 is 11.1. The fourth-order valence-electron chi connectivity index (χ4n) is 4.92. The average Bonchev–Trinajstić information content (AvgIpc) is 3.00. The molecular formula is C16H19NO3. The number of benzene rings is 1. The summed E-state index contributed by atoms with van der Waals surface area (Å²) in [5.41, 5.74) is 3.11. The van der Waals surface area contributed by atoms with Gasteiger partial charge in [0.15, 0.2) is 11.5 Å². The van der Waals surface area contributed by atoms with E-state index in [2.05, 4.69) is 17.0 Å². The van der Waals surface area contributed by atoms with Crippen LogP contribution < -0.4 is 9.47 Å². The third-order valence-electron chi connectivity index (χ3n) is 5.85.